The quantitative estimate of drug-likeness (QED) is 0.652. The van der Waals surface area contributed by atoms with E-state index in [1.165, 1.54) is 31.2 Å². The number of nitrogens with one attached hydrogen (secondary N) is 1. The van der Waals surface area contributed by atoms with Gasteiger partial charge in [-0.3, -0.25) is 16.0 Å². The molecule has 0 radical (unpaired) electrons. The Balaban J connectivity index is 1.99. The first-order valence-electron chi connectivity index (χ1n) is 7.36. The third-order valence-electron chi connectivity index (χ3n) is 4.73. The summed E-state index contributed by atoms with van der Waals surface area (Å²) < 4.78 is 1.85. The van der Waals surface area contributed by atoms with E-state index in [0.29, 0.717) is 11.3 Å². The second-order valence-corrected chi connectivity index (χ2v) is 7.07. The van der Waals surface area contributed by atoms with E-state index in [0.717, 1.165) is 5.92 Å². The smallest absolute Gasteiger partial charge is 0.0538 e. The average molecular weight is 264 g/mol. The highest BCUT2D eigenvalue weighted by Crippen LogP contribution is 2.43. The molecular weight excluding hydrogens is 236 g/mol. The Hall–Kier alpha value is -0.870. The summed E-state index contributed by atoms with van der Waals surface area (Å²) in [6.45, 7) is 7.08. The fourth-order valence-corrected chi connectivity index (χ4v) is 3.42. The number of hydrazine groups is 1. The summed E-state index contributed by atoms with van der Waals surface area (Å²) in [5, 5.41) is 4.26. The summed E-state index contributed by atoms with van der Waals surface area (Å²) in [4.78, 5) is 0. The van der Waals surface area contributed by atoms with Crippen LogP contribution in [0.4, 0.5) is 0 Å². The van der Waals surface area contributed by atoms with Gasteiger partial charge in [-0.15, -0.1) is 0 Å². The lowest BCUT2D eigenvalue weighted by Gasteiger charge is -2.39. The zero-order valence-corrected chi connectivity index (χ0v) is 12.7. The highest BCUT2D eigenvalue weighted by Gasteiger charge is 2.33. The molecular formula is C15H28N4. The van der Waals surface area contributed by atoms with Crippen LogP contribution in [0.5, 0.6) is 0 Å². The summed E-state index contributed by atoms with van der Waals surface area (Å²) in [6.07, 6.45) is 9.14. The van der Waals surface area contributed by atoms with Gasteiger partial charge in [-0.25, -0.2) is 0 Å². The van der Waals surface area contributed by atoms with Crippen molar-refractivity contribution >= 4 is 0 Å². The molecule has 0 aliphatic heterocycles. The second-order valence-electron chi connectivity index (χ2n) is 7.07. The van der Waals surface area contributed by atoms with E-state index in [9.17, 15) is 0 Å². The fourth-order valence-electron chi connectivity index (χ4n) is 3.42. The van der Waals surface area contributed by atoms with E-state index < -0.39 is 0 Å². The van der Waals surface area contributed by atoms with Gasteiger partial charge in [0.1, 0.15) is 0 Å². The van der Waals surface area contributed by atoms with Crippen LogP contribution in [-0.2, 0) is 7.05 Å². The molecule has 1 heterocycles. The SMILES string of the molecule is Cn1cc(C(NN)C2CCC(C(C)(C)C)CC2)cn1. The Kier molecular flexibility index (Phi) is 4.31. The number of rotatable bonds is 3. The van der Waals surface area contributed by atoms with Crippen molar-refractivity contribution in [1.82, 2.24) is 15.2 Å². The van der Waals surface area contributed by atoms with Crippen LogP contribution in [0.2, 0.25) is 0 Å². The molecule has 1 aliphatic rings. The van der Waals surface area contributed by atoms with Gasteiger partial charge in [-0.05, 0) is 42.9 Å². The van der Waals surface area contributed by atoms with Crippen LogP contribution >= 0.6 is 0 Å². The first-order valence-corrected chi connectivity index (χ1v) is 7.36. The summed E-state index contributed by atoms with van der Waals surface area (Å²) in [6, 6.07) is 0.245. The Morgan fingerprint density at radius 1 is 1.32 bits per heavy atom. The third-order valence-corrected chi connectivity index (χ3v) is 4.73. The van der Waals surface area contributed by atoms with Crippen molar-refractivity contribution in [2.24, 2.45) is 30.1 Å². The molecule has 0 bridgehead atoms. The molecule has 19 heavy (non-hydrogen) atoms. The number of hydrogen-bond donors (Lipinski definition) is 2. The van der Waals surface area contributed by atoms with Crippen molar-refractivity contribution in [2.75, 3.05) is 0 Å². The van der Waals surface area contributed by atoms with Crippen LogP contribution in [0.25, 0.3) is 0 Å². The van der Waals surface area contributed by atoms with Crippen molar-refractivity contribution in [3.8, 4) is 0 Å². The van der Waals surface area contributed by atoms with Crippen LogP contribution in [-0.4, -0.2) is 9.78 Å². The molecule has 3 N–H and O–H groups in total. The molecule has 1 fully saturated rings. The first-order chi connectivity index (χ1) is 8.91. The Bertz CT molecular complexity index is 397. The summed E-state index contributed by atoms with van der Waals surface area (Å²) in [5.74, 6) is 7.25. The lowest BCUT2D eigenvalue weighted by molar-refractivity contribution is 0.132. The average Bonchev–Trinajstić information content (AvgIpc) is 2.76. The standard InChI is InChI=1S/C15H28N4/c1-15(2,3)13-7-5-11(6-8-13)14(18-16)12-9-17-19(4)10-12/h9-11,13-14,18H,5-8,16H2,1-4H3. The molecule has 0 amide bonds. The molecule has 0 spiro atoms. The minimum Gasteiger partial charge on any atom is -0.275 e. The van der Waals surface area contributed by atoms with Crippen LogP contribution in [0, 0.1) is 17.3 Å². The van der Waals surface area contributed by atoms with Crippen LogP contribution in [0.3, 0.4) is 0 Å². The van der Waals surface area contributed by atoms with E-state index in [1.807, 2.05) is 17.9 Å². The Labute approximate surface area is 116 Å². The van der Waals surface area contributed by atoms with Gasteiger partial charge in [0, 0.05) is 18.8 Å². The highest BCUT2D eigenvalue weighted by molar-refractivity contribution is 5.11. The van der Waals surface area contributed by atoms with E-state index in [-0.39, 0.29) is 6.04 Å². The minimum atomic E-state index is 0.245. The maximum Gasteiger partial charge on any atom is 0.0538 e. The van der Waals surface area contributed by atoms with E-state index >= 15 is 0 Å². The molecule has 1 unspecified atom stereocenters. The molecule has 2 rings (SSSR count). The number of aromatic nitrogens is 2. The maximum absolute atomic E-state index is 5.78. The summed E-state index contributed by atoms with van der Waals surface area (Å²) in [7, 11) is 1.95. The van der Waals surface area contributed by atoms with Gasteiger partial charge < -0.3 is 0 Å². The number of hydrogen-bond acceptors (Lipinski definition) is 3. The highest BCUT2D eigenvalue weighted by atomic mass is 15.3. The van der Waals surface area contributed by atoms with Gasteiger partial charge in [0.05, 0.1) is 12.2 Å². The predicted molar refractivity (Wildman–Crippen MR) is 78.2 cm³/mol. The van der Waals surface area contributed by atoms with E-state index in [2.05, 4.69) is 37.5 Å². The topological polar surface area (TPSA) is 55.9 Å². The van der Waals surface area contributed by atoms with Crippen LogP contribution in [0.15, 0.2) is 12.4 Å². The first kappa shape index (κ1) is 14.5. The largest absolute Gasteiger partial charge is 0.275 e. The van der Waals surface area contributed by atoms with Crippen molar-refractivity contribution in [3.05, 3.63) is 18.0 Å². The zero-order chi connectivity index (χ0) is 14.0. The Morgan fingerprint density at radius 2 is 1.95 bits per heavy atom. The van der Waals surface area contributed by atoms with Crippen molar-refractivity contribution in [2.45, 2.75) is 52.5 Å². The van der Waals surface area contributed by atoms with Gasteiger partial charge in [0.2, 0.25) is 0 Å². The third kappa shape index (κ3) is 3.37. The molecule has 4 nitrogen and oxygen atoms in total. The Morgan fingerprint density at radius 3 is 2.37 bits per heavy atom. The molecule has 4 heteroatoms. The molecule has 0 saturated heterocycles. The van der Waals surface area contributed by atoms with E-state index in [1.54, 1.807) is 0 Å². The van der Waals surface area contributed by atoms with E-state index in [4.69, 9.17) is 5.84 Å². The van der Waals surface area contributed by atoms with Crippen LogP contribution in [0.1, 0.15) is 58.1 Å². The zero-order valence-electron chi connectivity index (χ0n) is 12.7. The summed E-state index contributed by atoms with van der Waals surface area (Å²) in [5.41, 5.74) is 4.65. The predicted octanol–water partition coefficient (Wildman–Crippen LogP) is 2.78. The fraction of sp³-hybridized carbons (Fsp3) is 0.800. The van der Waals surface area contributed by atoms with Gasteiger partial charge >= 0.3 is 0 Å². The molecule has 1 saturated carbocycles. The normalized spacial score (nSPS) is 26.4. The van der Waals surface area contributed by atoms with Crippen molar-refractivity contribution in [1.29, 1.82) is 0 Å². The van der Waals surface area contributed by atoms with Gasteiger partial charge in [-0.2, -0.15) is 5.10 Å². The molecule has 1 atom stereocenters. The van der Waals surface area contributed by atoms with Crippen LogP contribution < -0.4 is 11.3 Å². The lowest BCUT2D eigenvalue weighted by atomic mass is 9.68. The van der Waals surface area contributed by atoms with Gasteiger partial charge in [0.15, 0.2) is 0 Å². The minimum absolute atomic E-state index is 0.245. The monoisotopic (exact) mass is 264 g/mol. The number of aryl methyl sites for hydroxylation is 1. The van der Waals surface area contributed by atoms with Gasteiger partial charge in [-0.1, -0.05) is 20.8 Å². The lowest BCUT2D eigenvalue weighted by Crippen LogP contribution is -2.36. The molecule has 0 aromatic carbocycles. The molecule has 1 aromatic heterocycles. The van der Waals surface area contributed by atoms with Gasteiger partial charge in [0.25, 0.3) is 0 Å². The molecule has 108 valence electrons. The number of nitrogens with two attached hydrogens (primary N) is 1. The van der Waals surface area contributed by atoms with Crippen molar-refractivity contribution in [3.63, 3.8) is 0 Å². The molecule has 1 aliphatic carbocycles. The summed E-state index contributed by atoms with van der Waals surface area (Å²) >= 11 is 0. The molecule has 1 aromatic rings. The number of nitrogens with zero attached hydrogens (tertiary/aromatic N) is 2. The second kappa shape index (κ2) is 5.63. The maximum atomic E-state index is 5.78. The van der Waals surface area contributed by atoms with Crippen molar-refractivity contribution < 1.29 is 0 Å².